The first-order chi connectivity index (χ1) is 14.5. The number of ether oxygens (including phenoxy) is 1. The number of carbonyl (C=O) groups excluding carboxylic acids is 1. The van der Waals surface area contributed by atoms with E-state index >= 15 is 0 Å². The molecule has 0 fully saturated rings. The molecule has 152 valence electrons. The second kappa shape index (κ2) is 6.77. The largest absolute Gasteiger partial charge is 0.373 e. The lowest BCUT2D eigenvalue weighted by Crippen LogP contribution is -2.38. The lowest BCUT2D eigenvalue weighted by Gasteiger charge is -2.33. The summed E-state index contributed by atoms with van der Waals surface area (Å²) in [4.78, 5) is 29.9. The molecule has 4 aromatic rings. The molecule has 1 atom stereocenters. The third-order valence-electron chi connectivity index (χ3n) is 5.61. The summed E-state index contributed by atoms with van der Waals surface area (Å²) in [6, 6.07) is 10.5. The van der Waals surface area contributed by atoms with Gasteiger partial charge in [0.05, 0.1) is 24.6 Å². The predicted molar refractivity (Wildman–Crippen MR) is 106 cm³/mol. The Balaban J connectivity index is 1.65. The Morgan fingerprint density at radius 2 is 1.93 bits per heavy atom. The summed E-state index contributed by atoms with van der Waals surface area (Å²) in [5.41, 5.74) is 1.83. The van der Waals surface area contributed by atoms with E-state index in [1.807, 2.05) is 24.3 Å². The average Bonchev–Trinajstić information content (AvgIpc) is 3.18. The van der Waals surface area contributed by atoms with Crippen molar-refractivity contribution >= 4 is 22.2 Å². The molecule has 1 unspecified atom stereocenters. The number of likely N-dealkylation sites (N-methyl/N-ethyl adjacent to an activating group) is 1. The first kappa shape index (κ1) is 18.5. The molecular weight excluding hydrogens is 392 g/mol. The molecule has 0 saturated carbocycles. The molecule has 5 rings (SSSR count). The Bertz CT molecular complexity index is 1380. The summed E-state index contributed by atoms with van der Waals surface area (Å²) in [6.07, 6.45) is 1.80. The first-order valence-electron chi connectivity index (χ1n) is 9.40. The number of pyridine rings is 2. The number of nitrogens with one attached hydrogen (secondary N) is 1. The zero-order valence-corrected chi connectivity index (χ0v) is 16.0. The fourth-order valence-corrected chi connectivity index (χ4v) is 4.10. The Labute approximate surface area is 169 Å². The van der Waals surface area contributed by atoms with Crippen molar-refractivity contribution in [1.29, 1.82) is 0 Å². The third kappa shape index (κ3) is 2.72. The molecule has 3 aromatic heterocycles. The number of aromatic amines is 1. The highest BCUT2D eigenvalue weighted by Gasteiger charge is 2.32. The van der Waals surface area contributed by atoms with E-state index in [-0.39, 0.29) is 29.9 Å². The molecule has 0 bridgehead atoms. The fourth-order valence-electron chi connectivity index (χ4n) is 4.10. The Morgan fingerprint density at radius 3 is 2.73 bits per heavy atom. The monoisotopic (exact) mass is 409 g/mol. The standard InChI is InChI=1S/C22H17F2N3O3/c1-26(22(29)18-6-5-12-4-2-3-7-27(12)18)19-11-30-10-17-20(19)13-8-15(23)16(24)9-14(13)21(28)25-17/h2-9,19H,10-11H2,1H3,(H,25,28). The number of fused-ring (bicyclic) bond motifs is 4. The van der Waals surface area contributed by atoms with Crippen LogP contribution < -0.4 is 5.56 Å². The zero-order valence-electron chi connectivity index (χ0n) is 16.0. The van der Waals surface area contributed by atoms with Crippen LogP contribution in [-0.4, -0.2) is 33.8 Å². The van der Waals surface area contributed by atoms with Gasteiger partial charge in [-0.1, -0.05) is 6.07 Å². The molecule has 0 saturated heterocycles. The average molecular weight is 409 g/mol. The molecule has 8 heteroatoms. The number of rotatable bonds is 2. The van der Waals surface area contributed by atoms with Crippen LogP contribution in [0.3, 0.4) is 0 Å². The van der Waals surface area contributed by atoms with Gasteiger partial charge in [0, 0.05) is 30.0 Å². The molecule has 4 heterocycles. The Morgan fingerprint density at radius 1 is 1.17 bits per heavy atom. The molecule has 1 aromatic carbocycles. The van der Waals surface area contributed by atoms with Gasteiger partial charge in [0.15, 0.2) is 11.6 Å². The van der Waals surface area contributed by atoms with Gasteiger partial charge in [-0.05, 0) is 41.8 Å². The first-order valence-corrected chi connectivity index (χ1v) is 9.40. The highest BCUT2D eigenvalue weighted by Crippen LogP contribution is 2.34. The normalized spacial score (nSPS) is 16.0. The molecular formula is C22H17F2N3O3. The highest BCUT2D eigenvalue weighted by atomic mass is 19.2. The number of nitrogens with zero attached hydrogens (tertiary/aromatic N) is 2. The van der Waals surface area contributed by atoms with E-state index in [0.717, 1.165) is 17.6 Å². The van der Waals surface area contributed by atoms with Crippen molar-refractivity contribution in [2.75, 3.05) is 13.7 Å². The van der Waals surface area contributed by atoms with Crippen LogP contribution in [0.4, 0.5) is 8.78 Å². The number of hydrogen-bond donors (Lipinski definition) is 1. The van der Waals surface area contributed by atoms with Gasteiger partial charge in [-0.2, -0.15) is 0 Å². The Kier molecular flexibility index (Phi) is 4.18. The van der Waals surface area contributed by atoms with Crippen LogP contribution in [-0.2, 0) is 11.3 Å². The lowest BCUT2D eigenvalue weighted by atomic mass is 9.95. The van der Waals surface area contributed by atoms with Crippen molar-refractivity contribution in [3.05, 3.63) is 87.6 Å². The van der Waals surface area contributed by atoms with Gasteiger partial charge < -0.3 is 19.0 Å². The summed E-state index contributed by atoms with van der Waals surface area (Å²) in [6.45, 7) is 0.283. The van der Waals surface area contributed by atoms with Gasteiger partial charge in [0.2, 0.25) is 0 Å². The van der Waals surface area contributed by atoms with Gasteiger partial charge in [0.25, 0.3) is 11.5 Å². The van der Waals surface area contributed by atoms with Crippen LogP contribution in [0.25, 0.3) is 16.3 Å². The summed E-state index contributed by atoms with van der Waals surface area (Å²) in [5, 5.41) is 0.314. The maximum absolute atomic E-state index is 14.0. The molecule has 1 amide bonds. The minimum atomic E-state index is -1.10. The van der Waals surface area contributed by atoms with Crippen molar-refractivity contribution in [3.63, 3.8) is 0 Å². The van der Waals surface area contributed by atoms with Gasteiger partial charge in [-0.3, -0.25) is 9.59 Å². The molecule has 0 spiro atoms. The second-order valence-corrected chi connectivity index (χ2v) is 7.32. The smallest absolute Gasteiger partial charge is 0.271 e. The van der Waals surface area contributed by atoms with E-state index in [1.165, 1.54) is 4.90 Å². The number of benzene rings is 1. The van der Waals surface area contributed by atoms with E-state index in [4.69, 9.17) is 4.74 Å². The van der Waals surface area contributed by atoms with Gasteiger partial charge in [-0.15, -0.1) is 0 Å². The van der Waals surface area contributed by atoms with Crippen LogP contribution in [0.15, 0.2) is 53.5 Å². The SMILES string of the molecule is CN(C(=O)c1ccc2ccccn12)C1COCc2[nH]c(=O)c3cc(F)c(F)cc3c21. The van der Waals surface area contributed by atoms with Crippen molar-refractivity contribution in [2.24, 2.45) is 0 Å². The number of carbonyl (C=O) groups is 1. The quantitative estimate of drug-likeness (QED) is 0.552. The zero-order chi connectivity index (χ0) is 21.0. The van der Waals surface area contributed by atoms with Crippen LogP contribution in [0.1, 0.15) is 27.8 Å². The number of hydrogen-bond acceptors (Lipinski definition) is 3. The van der Waals surface area contributed by atoms with Crippen LogP contribution >= 0.6 is 0 Å². The van der Waals surface area contributed by atoms with Crippen molar-refractivity contribution in [3.8, 4) is 0 Å². The predicted octanol–water partition coefficient (Wildman–Crippen LogP) is 3.40. The van der Waals surface area contributed by atoms with Crippen molar-refractivity contribution < 1.29 is 18.3 Å². The summed E-state index contributed by atoms with van der Waals surface area (Å²) in [5.74, 6) is -2.41. The topological polar surface area (TPSA) is 66.8 Å². The van der Waals surface area contributed by atoms with Crippen LogP contribution in [0.5, 0.6) is 0 Å². The number of halogens is 2. The van der Waals surface area contributed by atoms with E-state index in [0.29, 0.717) is 17.0 Å². The maximum Gasteiger partial charge on any atom is 0.271 e. The maximum atomic E-state index is 14.0. The highest BCUT2D eigenvalue weighted by molar-refractivity contribution is 5.95. The van der Waals surface area contributed by atoms with Gasteiger partial charge in [0.1, 0.15) is 5.69 Å². The number of H-pyrrole nitrogens is 1. The molecule has 30 heavy (non-hydrogen) atoms. The van der Waals surface area contributed by atoms with E-state index < -0.39 is 23.2 Å². The molecule has 0 radical (unpaired) electrons. The molecule has 1 N–H and O–H groups in total. The lowest BCUT2D eigenvalue weighted by molar-refractivity contribution is 0.0332. The molecule has 0 aliphatic carbocycles. The minimum absolute atomic E-state index is 0.0357. The third-order valence-corrected chi connectivity index (χ3v) is 5.61. The number of aromatic nitrogens is 2. The van der Waals surface area contributed by atoms with Crippen molar-refractivity contribution in [2.45, 2.75) is 12.6 Å². The Hall–Kier alpha value is -3.52. The van der Waals surface area contributed by atoms with Crippen LogP contribution in [0.2, 0.25) is 0 Å². The summed E-state index contributed by atoms with van der Waals surface area (Å²) in [7, 11) is 1.63. The van der Waals surface area contributed by atoms with E-state index in [9.17, 15) is 18.4 Å². The van der Waals surface area contributed by atoms with E-state index in [1.54, 1.807) is 23.7 Å². The number of amides is 1. The summed E-state index contributed by atoms with van der Waals surface area (Å²) < 4.78 is 35.2. The van der Waals surface area contributed by atoms with Crippen LogP contribution in [0, 0.1) is 11.6 Å². The minimum Gasteiger partial charge on any atom is -0.373 e. The van der Waals surface area contributed by atoms with Gasteiger partial charge in [-0.25, -0.2) is 8.78 Å². The molecule has 6 nitrogen and oxygen atoms in total. The fraction of sp³-hybridized carbons (Fsp3) is 0.182. The van der Waals surface area contributed by atoms with E-state index in [2.05, 4.69) is 4.98 Å². The van der Waals surface area contributed by atoms with Gasteiger partial charge >= 0.3 is 0 Å². The second-order valence-electron chi connectivity index (χ2n) is 7.32. The molecule has 1 aliphatic heterocycles. The summed E-state index contributed by atoms with van der Waals surface area (Å²) >= 11 is 0. The molecule has 1 aliphatic rings. The van der Waals surface area contributed by atoms with Crippen molar-refractivity contribution in [1.82, 2.24) is 14.3 Å².